The van der Waals surface area contributed by atoms with Gasteiger partial charge >= 0.3 is 5.97 Å². The lowest BCUT2D eigenvalue weighted by atomic mass is 10.2. The number of carbonyl (C=O) groups excluding carboxylic acids is 2. The van der Waals surface area contributed by atoms with Crippen molar-refractivity contribution in [2.24, 2.45) is 0 Å². The number of halogens is 1. The van der Waals surface area contributed by atoms with E-state index >= 15 is 0 Å². The maximum absolute atomic E-state index is 12.9. The van der Waals surface area contributed by atoms with E-state index in [9.17, 15) is 14.0 Å². The molecule has 24 heavy (non-hydrogen) atoms. The summed E-state index contributed by atoms with van der Waals surface area (Å²) in [5.41, 5.74) is 1.97. The van der Waals surface area contributed by atoms with Crippen molar-refractivity contribution in [3.05, 3.63) is 59.0 Å². The number of H-pyrrole nitrogens is 1. The Labute approximate surface area is 140 Å². The van der Waals surface area contributed by atoms with Gasteiger partial charge in [-0.05, 0) is 30.3 Å². The molecule has 0 aliphatic carbocycles. The number of thiazole rings is 1. The number of esters is 1. The van der Waals surface area contributed by atoms with E-state index in [-0.39, 0.29) is 5.91 Å². The van der Waals surface area contributed by atoms with Crippen LogP contribution in [0.3, 0.4) is 0 Å². The molecule has 0 bridgehead atoms. The quantitative estimate of drug-likeness (QED) is 0.711. The second kappa shape index (κ2) is 6.63. The van der Waals surface area contributed by atoms with Crippen molar-refractivity contribution in [3.8, 4) is 11.3 Å². The van der Waals surface area contributed by atoms with Crippen LogP contribution >= 0.6 is 11.3 Å². The van der Waals surface area contributed by atoms with E-state index in [0.717, 1.165) is 0 Å². The molecule has 2 N–H and O–H groups in total. The van der Waals surface area contributed by atoms with Gasteiger partial charge in [0.2, 0.25) is 0 Å². The highest BCUT2D eigenvalue weighted by Gasteiger charge is 2.13. The van der Waals surface area contributed by atoms with Crippen molar-refractivity contribution in [3.63, 3.8) is 0 Å². The van der Waals surface area contributed by atoms with Crippen molar-refractivity contribution < 1.29 is 18.7 Å². The Balaban J connectivity index is 1.73. The Morgan fingerprint density at radius 1 is 1.29 bits per heavy atom. The largest absolute Gasteiger partial charge is 0.464 e. The second-order valence-electron chi connectivity index (χ2n) is 4.79. The zero-order chi connectivity index (χ0) is 17.1. The van der Waals surface area contributed by atoms with Gasteiger partial charge in [0.1, 0.15) is 11.5 Å². The first-order chi connectivity index (χ1) is 11.6. The lowest BCUT2D eigenvalue weighted by Crippen LogP contribution is -2.11. The van der Waals surface area contributed by atoms with Crippen LogP contribution in [0.2, 0.25) is 0 Å². The van der Waals surface area contributed by atoms with Gasteiger partial charge in [-0.15, -0.1) is 11.3 Å². The number of amides is 1. The SMILES string of the molecule is COC(=O)c1cc(-c2csc(NC(=O)c3ccc(F)cc3)n2)c[nH]1. The summed E-state index contributed by atoms with van der Waals surface area (Å²) >= 11 is 1.25. The van der Waals surface area contributed by atoms with Gasteiger partial charge in [-0.25, -0.2) is 14.2 Å². The average Bonchev–Trinajstić information content (AvgIpc) is 3.23. The number of aromatic amines is 1. The molecule has 0 unspecified atom stereocenters. The van der Waals surface area contributed by atoms with Crippen LogP contribution in [-0.4, -0.2) is 29.0 Å². The highest BCUT2D eigenvalue weighted by molar-refractivity contribution is 7.14. The number of nitrogens with zero attached hydrogens (tertiary/aromatic N) is 1. The Morgan fingerprint density at radius 2 is 2.04 bits per heavy atom. The maximum atomic E-state index is 12.9. The molecule has 1 aromatic carbocycles. The number of ether oxygens (including phenoxy) is 1. The summed E-state index contributed by atoms with van der Waals surface area (Å²) in [4.78, 5) is 30.6. The van der Waals surface area contributed by atoms with E-state index in [1.54, 1.807) is 17.6 Å². The molecule has 1 amide bonds. The molecule has 6 nitrogen and oxygen atoms in total. The van der Waals surface area contributed by atoms with E-state index in [1.807, 2.05) is 0 Å². The standard InChI is InChI=1S/C16H12FN3O3S/c1-23-15(22)12-6-10(7-18-12)13-8-24-16(19-13)20-14(21)9-2-4-11(17)5-3-9/h2-8,18H,1H3,(H,19,20,21). The number of aromatic nitrogens is 2. The first-order valence-corrected chi connectivity index (χ1v) is 7.74. The minimum Gasteiger partial charge on any atom is -0.464 e. The van der Waals surface area contributed by atoms with Crippen LogP contribution < -0.4 is 5.32 Å². The second-order valence-corrected chi connectivity index (χ2v) is 5.65. The number of benzene rings is 1. The molecule has 3 aromatic rings. The Bertz CT molecular complexity index is 886. The third kappa shape index (κ3) is 3.33. The van der Waals surface area contributed by atoms with Crippen LogP contribution in [0.5, 0.6) is 0 Å². The van der Waals surface area contributed by atoms with Crippen molar-refractivity contribution in [1.82, 2.24) is 9.97 Å². The van der Waals surface area contributed by atoms with Crippen LogP contribution in [0.25, 0.3) is 11.3 Å². The lowest BCUT2D eigenvalue weighted by Gasteiger charge is -2.01. The first kappa shape index (κ1) is 15.9. The molecule has 0 saturated heterocycles. The van der Waals surface area contributed by atoms with Gasteiger partial charge in [0.05, 0.1) is 12.8 Å². The molecule has 0 aliphatic heterocycles. The number of carbonyl (C=O) groups is 2. The molecule has 8 heteroatoms. The number of nitrogens with one attached hydrogen (secondary N) is 2. The van der Waals surface area contributed by atoms with Crippen molar-refractivity contribution in [1.29, 1.82) is 0 Å². The monoisotopic (exact) mass is 345 g/mol. The van der Waals surface area contributed by atoms with Gasteiger partial charge in [-0.1, -0.05) is 0 Å². The number of rotatable bonds is 4. The molecule has 0 fully saturated rings. The zero-order valence-corrected chi connectivity index (χ0v) is 13.3. The minimum absolute atomic E-state index is 0.317. The van der Waals surface area contributed by atoms with Crippen molar-refractivity contribution >= 4 is 28.3 Å². The molecule has 2 heterocycles. The van der Waals surface area contributed by atoms with E-state index in [1.165, 1.54) is 42.7 Å². The molecule has 0 saturated carbocycles. The van der Waals surface area contributed by atoms with E-state index < -0.39 is 11.8 Å². The van der Waals surface area contributed by atoms with E-state index in [2.05, 4.69) is 20.0 Å². The summed E-state index contributed by atoms with van der Waals surface area (Å²) in [5.74, 6) is -1.25. The van der Waals surface area contributed by atoms with Crippen LogP contribution in [-0.2, 0) is 4.74 Å². The van der Waals surface area contributed by atoms with Crippen LogP contribution in [0.4, 0.5) is 9.52 Å². The highest BCUT2D eigenvalue weighted by atomic mass is 32.1. The molecule has 0 radical (unpaired) electrons. The van der Waals surface area contributed by atoms with Gasteiger partial charge in [-0.2, -0.15) is 0 Å². The summed E-state index contributed by atoms with van der Waals surface area (Å²) in [5, 5.41) is 4.81. The molecule has 2 aromatic heterocycles. The van der Waals surface area contributed by atoms with Gasteiger partial charge in [0, 0.05) is 22.7 Å². The van der Waals surface area contributed by atoms with Crippen LogP contribution in [0.1, 0.15) is 20.8 Å². The topological polar surface area (TPSA) is 84.1 Å². The first-order valence-electron chi connectivity index (χ1n) is 6.86. The average molecular weight is 345 g/mol. The third-order valence-corrected chi connectivity index (χ3v) is 3.97. The van der Waals surface area contributed by atoms with Crippen LogP contribution in [0, 0.1) is 5.82 Å². The number of anilines is 1. The van der Waals surface area contributed by atoms with Gasteiger partial charge in [0.15, 0.2) is 5.13 Å². The molecule has 122 valence electrons. The van der Waals surface area contributed by atoms with Gasteiger partial charge < -0.3 is 9.72 Å². The third-order valence-electron chi connectivity index (χ3n) is 3.22. The minimum atomic E-state index is -0.471. The summed E-state index contributed by atoms with van der Waals surface area (Å²) < 4.78 is 17.5. The molecular weight excluding hydrogens is 333 g/mol. The van der Waals surface area contributed by atoms with E-state index in [4.69, 9.17) is 0 Å². The fraction of sp³-hybridized carbons (Fsp3) is 0.0625. The predicted molar refractivity (Wildman–Crippen MR) is 87.6 cm³/mol. The number of hydrogen-bond donors (Lipinski definition) is 2. The molecule has 0 aliphatic rings. The van der Waals surface area contributed by atoms with Crippen molar-refractivity contribution in [2.75, 3.05) is 12.4 Å². The lowest BCUT2D eigenvalue weighted by molar-refractivity contribution is 0.0594. The molecular formula is C16H12FN3O3S. The van der Waals surface area contributed by atoms with Crippen molar-refractivity contribution in [2.45, 2.75) is 0 Å². The Hall–Kier alpha value is -3.00. The Morgan fingerprint density at radius 3 is 2.75 bits per heavy atom. The number of methoxy groups -OCH3 is 1. The predicted octanol–water partition coefficient (Wildman–Crippen LogP) is 3.32. The van der Waals surface area contributed by atoms with Gasteiger partial charge in [0.25, 0.3) is 5.91 Å². The normalized spacial score (nSPS) is 10.4. The summed E-state index contributed by atoms with van der Waals surface area (Å²) in [6.45, 7) is 0. The highest BCUT2D eigenvalue weighted by Crippen LogP contribution is 2.26. The number of hydrogen-bond acceptors (Lipinski definition) is 5. The summed E-state index contributed by atoms with van der Waals surface area (Å²) in [7, 11) is 1.30. The molecule has 0 atom stereocenters. The van der Waals surface area contributed by atoms with Crippen LogP contribution in [0.15, 0.2) is 41.9 Å². The fourth-order valence-corrected chi connectivity index (χ4v) is 2.72. The molecule has 3 rings (SSSR count). The van der Waals surface area contributed by atoms with Gasteiger partial charge in [-0.3, -0.25) is 10.1 Å². The zero-order valence-electron chi connectivity index (χ0n) is 12.5. The summed E-state index contributed by atoms with van der Waals surface area (Å²) in [6.07, 6.45) is 1.63. The fourth-order valence-electron chi connectivity index (χ4n) is 2.00. The summed E-state index contributed by atoms with van der Waals surface area (Å²) in [6, 6.07) is 6.85. The molecule has 0 spiro atoms. The maximum Gasteiger partial charge on any atom is 0.354 e. The smallest absolute Gasteiger partial charge is 0.354 e. The van der Waals surface area contributed by atoms with E-state index in [0.29, 0.717) is 27.6 Å². The Kier molecular flexibility index (Phi) is 4.39.